The van der Waals surface area contributed by atoms with E-state index in [9.17, 15) is 21.6 Å². The summed E-state index contributed by atoms with van der Waals surface area (Å²) in [6.07, 6.45) is 0.351. The van der Waals surface area contributed by atoms with Crippen LogP contribution in [0, 0.1) is 0 Å². The van der Waals surface area contributed by atoms with Gasteiger partial charge in [-0.2, -0.15) is 4.31 Å². The predicted octanol–water partition coefficient (Wildman–Crippen LogP) is 1.53. The van der Waals surface area contributed by atoms with Crippen LogP contribution in [-0.2, 0) is 24.7 Å². The first-order valence-electron chi connectivity index (χ1n) is 7.50. The maximum atomic E-state index is 12.8. The summed E-state index contributed by atoms with van der Waals surface area (Å²) in [5.74, 6) is -0.577. The van der Waals surface area contributed by atoms with E-state index in [0.29, 0.717) is 15.4 Å². The van der Waals surface area contributed by atoms with Crippen molar-refractivity contribution in [2.24, 2.45) is 0 Å². The summed E-state index contributed by atoms with van der Waals surface area (Å²) in [6.45, 7) is 1.38. The molecule has 25 heavy (non-hydrogen) atoms. The van der Waals surface area contributed by atoms with Gasteiger partial charge in [0.05, 0.1) is 22.9 Å². The van der Waals surface area contributed by atoms with Crippen molar-refractivity contribution in [1.82, 2.24) is 9.62 Å². The molecule has 1 heterocycles. The molecule has 1 aliphatic rings. The molecule has 11 heteroatoms. The van der Waals surface area contributed by atoms with Crippen molar-refractivity contribution in [3.63, 3.8) is 0 Å². The number of sulfonamides is 1. The maximum Gasteiger partial charge on any atom is 0.244 e. The van der Waals surface area contributed by atoms with Crippen LogP contribution in [0.4, 0.5) is 0 Å². The zero-order chi connectivity index (χ0) is 18.8. The predicted molar refractivity (Wildman–Crippen MR) is 101 cm³/mol. The van der Waals surface area contributed by atoms with Crippen molar-refractivity contribution in [3.8, 4) is 0 Å². The number of sulfone groups is 1. The van der Waals surface area contributed by atoms with E-state index in [0.717, 1.165) is 4.31 Å². The van der Waals surface area contributed by atoms with Gasteiger partial charge in [-0.05, 0) is 40.5 Å². The van der Waals surface area contributed by atoms with E-state index in [1.807, 2.05) is 0 Å². The van der Waals surface area contributed by atoms with Crippen LogP contribution in [0.5, 0.6) is 0 Å². The Balaban J connectivity index is 2.13. The second kappa shape index (κ2) is 8.03. The van der Waals surface area contributed by atoms with Crippen LogP contribution in [0.3, 0.4) is 0 Å². The van der Waals surface area contributed by atoms with Crippen molar-refractivity contribution >= 4 is 57.6 Å². The molecule has 0 spiro atoms. The van der Waals surface area contributed by atoms with E-state index in [4.69, 9.17) is 0 Å². The third-order valence-electron chi connectivity index (χ3n) is 3.78. The third-order valence-corrected chi connectivity index (χ3v) is 8.96. The normalized spacial score (nSPS) is 19.9. The third kappa shape index (κ3) is 5.25. The van der Waals surface area contributed by atoms with Gasteiger partial charge >= 0.3 is 0 Å². The minimum absolute atomic E-state index is 0.0404. The lowest BCUT2D eigenvalue weighted by Gasteiger charge is -2.22. The van der Waals surface area contributed by atoms with Crippen LogP contribution < -0.4 is 5.32 Å². The second-order valence-corrected chi connectivity index (χ2v) is 11.6. The van der Waals surface area contributed by atoms with Crippen molar-refractivity contribution in [2.45, 2.75) is 24.3 Å². The zero-order valence-electron chi connectivity index (χ0n) is 13.4. The van der Waals surface area contributed by atoms with Gasteiger partial charge in [0, 0.05) is 21.5 Å². The Morgan fingerprint density at radius 2 is 2.04 bits per heavy atom. The van der Waals surface area contributed by atoms with Crippen LogP contribution in [-0.4, -0.2) is 57.7 Å². The Kier molecular flexibility index (Phi) is 6.69. The number of carbonyl (C=O) groups is 1. The molecular formula is C14H18Br2N2O5S2. The largest absolute Gasteiger partial charge is 0.351 e. The Hall–Kier alpha value is -0.490. The summed E-state index contributed by atoms with van der Waals surface area (Å²) in [7, 11) is -6.99. The van der Waals surface area contributed by atoms with E-state index < -0.39 is 31.8 Å². The summed E-state index contributed by atoms with van der Waals surface area (Å²) in [4.78, 5) is 12.2. The Morgan fingerprint density at radius 1 is 1.36 bits per heavy atom. The fourth-order valence-corrected chi connectivity index (χ4v) is 7.06. The quantitative estimate of drug-likeness (QED) is 0.616. The molecule has 140 valence electrons. The fourth-order valence-electron chi connectivity index (χ4n) is 2.52. The molecule has 1 aromatic carbocycles. The molecule has 7 nitrogen and oxygen atoms in total. The van der Waals surface area contributed by atoms with Gasteiger partial charge in [-0.15, -0.1) is 0 Å². The molecule has 1 fully saturated rings. The molecule has 1 atom stereocenters. The minimum Gasteiger partial charge on any atom is -0.351 e. The lowest BCUT2D eigenvalue weighted by Crippen LogP contribution is -2.44. The molecule has 2 rings (SSSR count). The van der Waals surface area contributed by atoms with Crippen molar-refractivity contribution in [1.29, 1.82) is 0 Å². The molecule has 1 N–H and O–H groups in total. The SMILES string of the molecule is CCN(CC(=O)NC1CCS(=O)(=O)C1)S(=O)(=O)c1cc(Br)ccc1Br. The fraction of sp³-hybridized carbons (Fsp3) is 0.500. The summed E-state index contributed by atoms with van der Waals surface area (Å²) in [5.41, 5.74) is 0. The first-order chi connectivity index (χ1) is 11.5. The van der Waals surface area contributed by atoms with Gasteiger partial charge in [0.1, 0.15) is 0 Å². The summed E-state index contributed by atoms with van der Waals surface area (Å²) < 4.78 is 50.6. The van der Waals surface area contributed by atoms with Gasteiger partial charge in [-0.1, -0.05) is 22.9 Å². The number of hydrogen-bond acceptors (Lipinski definition) is 5. The molecule has 0 aromatic heterocycles. The molecule has 1 amide bonds. The number of carbonyl (C=O) groups excluding carboxylic acids is 1. The lowest BCUT2D eigenvalue weighted by molar-refractivity contribution is -0.121. The van der Waals surface area contributed by atoms with Gasteiger partial charge in [-0.3, -0.25) is 4.79 Å². The molecular weight excluding hydrogens is 500 g/mol. The Morgan fingerprint density at radius 3 is 2.60 bits per heavy atom. The maximum absolute atomic E-state index is 12.8. The number of nitrogens with zero attached hydrogens (tertiary/aromatic N) is 1. The monoisotopic (exact) mass is 516 g/mol. The van der Waals surface area contributed by atoms with Crippen LogP contribution >= 0.6 is 31.9 Å². The molecule has 1 saturated heterocycles. The van der Waals surface area contributed by atoms with E-state index in [2.05, 4.69) is 37.2 Å². The van der Waals surface area contributed by atoms with Gasteiger partial charge in [0.2, 0.25) is 15.9 Å². The number of rotatable bonds is 6. The Bertz CT molecular complexity index is 871. The molecule has 0 bridgehead atoms. The lowest BCUT2D eigenvalue weighted by atomic mass is 10.2. The average molecular weight is 518 g/mol. The molecule has 0 radical (unpaired) electrons. The molecule has 1 aliphatic heterocycles. The number of amides is 1. The summed E-state index contributed by atoms with van der Waals surface area (Å²) in [5, 5.41) is 2.60. The smallest absolute Gasteiger partial charge is 0.244 e. The van der Waals surface area contributed by atoms with Gasteiger partial charge in [-0.25, -0.2) is 16.8 Å². The van der Waals surface area contributed by atoms with Gasteiger partial charge in [0.25, 0.3) is 0 Å². The number of nitrogens with one attached hydrogen (secondary N) is 1. The molecule has 1 aromatic rings. The molecule has 1 unspecified atom stereocenters. The van der Waals surface area contributed by atoms with Crippen LogP contribution in [0.25, 0.3) is 0 Å². The highest BCUT2D eigenvalue weighted by Crippen LogP contribution is 2.28. The highest BCUT2D eigenvalue weighted by atomic mass is 79.9. The van der Waals surface area contributed by atoms with Crippen molar-refractivity contribution < 1.29 is 21.6 Å². The number of likely N-dealkylation sites (N-methyl/N-ethyl adjacent to an activating group) is 1. The van der Waals surface area contributed by atoms with E-state index in [1.165, 1.54) is 6.07 Å². The highest BCUT2D eigenvalue weighted by Gasteiger charge is 2.31. The van der Waals surface area contributed by atoms with Gasteiger partial charge < -0.3 is 5.32 Å². The van der Waals surface area contributed by atoms with Crippen LogP contribution in [0.15, 0.2) is 32.0 Å². The first-order valence-corrected chi connectivity index (χ1v) is 12.3. The zero-order valence-corrected chi connectivity index (χ0v) is 18.2. The van der Waals surface area contributed by atoms with Gasteiger partial charge in [0.15, 0.2) is 9.84 Å². The van der Waals surface area contributed by atoms with E-state index in [-0.39, 0.29) is 29.5 Å². The number of benzene rings is 1. The summed E-state index contributed by atoms with van der Waals surface area (Å²) >= 11 is 6.46. The number of hydrogen-bond donors (Lipinski definition) is 1. The highest BCUT2D eigenvalue weighted by molar-refractivity contribution is 9.11. The van der Waals surface area contributed by atoms with Crippen LogP contribution in [0.1, 0.15) is 13.3 Å². The second-order valence-electron chi connectivity index (χ2n) is 5.67. The van der Waals surface area contributed by atoms with Crippen molar-refractivity contribution in [2.75, 3.05) is 24.6 Å². The van der Waals surface area contributed by atoms with E-state index >= 15 is 0 Å². The molecule has 0 aliphatic carbocycles. The standard InChI is InChI=1S/C14H18Br2N2O5S2/c1-2-18(8-14(19)17-11-5-6-24(20,21)9-11)25(22,23)13-7-10(15)3-4-12(13)16/h3-4,7,11H,2,5-6,8-9H2,1H3,(H,17,19). The molecule has 0 saturated carbocycles. The average Bonchev–Trinajstić information content (AvgIpc) is 2.85. The summed E-state index contributed by atoms with van der Waals surface area (Å²) in [6, 6.07) is 4.31. The number of halogens is 2. The topological polar surface area (TPSA) is 101 Å². The van der Waals surface area contributed by atoms with Crippen LogP contribution in [0.2, 0.25) is 0 Å². The van der Waals surface area contributed by atoms with Crippen molar-refractivity contribution in [3.05, 3.63) is 27.1 Å². The first kappa shape index (κ1) is 20.8. The Labute approximate surface area is 164 Å². The minimum atomic E-state index is -3.88. The van der Waals surface area contributed by atoms with E-state index in [1.54, 1.807) is 19.1 Å².